The molecule has 2 saturated heterocycles. The van der Waals surface area contributed by atoms with E-state index in [2.05, 4.69) is 4.74 Å². The van der Waals surface area contributed by atoms with Crippen molar-refractivity contribution in [2.24, 2.45) is 0 Å². The van der Waals surface area contributed by atoms with Crippen LogP contribution in [0.4, 0.5) is 0 Å². The van der Waals surface area contributed by atoms with Crippen LogP contribution >= 0.6 is 0 Å². The van der Waals surface area contributed by atoms with E-state index in [0.717, 1.165) is 0 Å². The van der Waals surface area contributed by atoms with Gasteiger partial charge in [-0.15, -0.1) is 0 Å². The third-order valence-corrected chi connectivity index (χ3v) is 2.65. The summed E-state index contributed by atoms with van der Waals surface area (Å²) >= 11 is 0. The standard InChI is InChI=1S/C9H14O7/c1-12-9(11)8-7-6(14-4-16-8)5(2-10)13-3-15-7/h5-8,10H,2-4H2,1H3/t5-,6+,7+,8-/m0/s1. The number of aliphatic hydroxyl groups excluding tert-OH is 1. The molecular formula is C9H14O7. The van der Waals surface area contributed by atoms with Crippen molar-refractivity contribution in [2.75, 3.05) is 27.3 Å². The van der Waals surface area contributed by atoms with Crippen molar-refractivity contribution in [3.05, 3.63) is 0 Å². The second-order valence-corrected chi connectivity index (χ2v) is 3.50. The number of fused-ring (bicyclic) bond motifs is 1. The van der Waals surface area contributed by atoms with Gasteiger partial charge < -0.3 is 28.8 Å². The normalized spacial score (nSPS) is 38.9. The molecule has 4 atom stereocenters. The molecule has 2 aliphatic rings. The highest BCUT2D eigenvalue weighted by Gasteiger charge is 2.47. The van der Waals surface area contributed by atoms with Crippen molar-refractivity contribution in [1.29, 1.82) is 0 Å². The highest BCUT2D eigenvalue weighted by atomic mass is 16.8. The lowest BCUT2D eigenvalue weighted by atomic mass is 10.0. The Morgan fingerprint density at radius 1 is 1.25 bits per heavy atom. The van der Waals surface area contributed by atoms with Crippen molar-refractivity contribution < 1.29 is 33.6 Å². The maximum atomic E-state index is 11.4. The fourth-order valence-corrected chi connectivity index (χ4v) is 1.83. The number of rotatable bonds is 2. The lowest BCUT2D eigenvalue weighted by molar-refractivity contribution is -0.322. The Morgan fingerprint density at radius 2 is 1.94 bits per heavy atom. The monoisotopic (exact) mass is 234 g/mol. The first kappa shape index (κ1) is 11.7. The van der Waals surface area contributed by atoms with Crippen LogP contribution in [0, 0.1) is 0 Å². The van der Waals surface area contributed by atoms with E-state index in [1.54, 1.807) is 0 Å². The number of hydrogen-bond donors (Lipinski definition) is 1. The minimum atomic E-state index is -0.832. The Kier molecular flexibility index (Phi) is 3.72. The molecule has 7 heteroatoms. The second-order valence-electron chi connectivity index (χ2n) is 3.50. The summed E-state index contributed by atoms with van der Waals surface area (Å²) in [5, 5.41) is 9.09. The molecule has 16 heavy (non-hydrogen) atoms. The van der Waals surface area contributed by atoms with Crippen LogP contribution < -0.4 is 0 Å². The summed E-state index contributed by atoms with van der Waals surface area (Å²) in [6.07, 6.45) is -2.46. The Morgan fingerprint density at radius 3 is 2.62 bits per heavy atom. The van der Waals surface area contributed by atoms with E-state index in [4.69, 9.17) is 24.1 Å². The highest BCUT2D eigenvalue weighted by Crippen LogP contribution is 2.26. The van der Waals surface area contributed by atoms with Gasteiger partial charge in [0.25, 0.3) is 0 Å². The van der Waals surface area contributed by atoms with E-state index < -0.39 is 30.4 Å². The van der Waals surface area contributed by atoms with E-state index >= 15 is 0 Å². The van der Waals surface area contributed by atoms with Crippen LogP contribution in [0.25, 0.3) is 0 Å². The van der Waals surface area contributed by atoms with Gasteiger partial charge in [0.05, 0.1) is 13.7 Å². The van der Waals surface area contributed by atoms with Crippen LogP contribution in [0.1, 0.15) is 0 Å². The van der Waals surface area contributed by atoms with Gasteiger partial charge in [0.1, 0.15) is 31.9 Å². The lowest BCUT2D eigenvalue weighted by Gasteiger charge is -2.42. The SMILES string of the molecule is COC(=O)[C@H]1OCO[C@H]2[C@H]1OCO[C@H]2CO. The van der Waals surface area contributed by atoms with Crippen LogP contribution in [-0.2, 0) is 28.5 Å². The molecule has 0 unspecified atom stereocenters. The summed E-state index contributed by atoms with van der Waals surface area (Å²) in [7, 11) is 1.28. The molecule has 1 N–H and O–H groups in total. The predicted molar refractivity (Wildman–Crippen MR) is 48.3 cm³/mol. The van der Waals surface area contributed by atoms with E-state index in [0.29, 0.717) is 0 Å². The van der Waals surface area contributed by atoms with Crippen LogP contribution in [-0.4, -0.2) is 62.8 Å². The zero-order chi connectivity index (χ0) is 11.5. The molecular weight excluding hydrogens is 220 g/mol. The summed E-state index contributed by atoms with van der Waals surface area (Å²) in [5.41, 5.74) is 0. The third kappa shape index (κ3) is 2.04. The van der Waals surface area contributed by atoms with Gasteiger partial charge in [-0.1, -0.05) is 0 Å². The van der Waals surface area contributed by atoms with E-state index in [1.807, 2.05) is 0 Å². The average molecular weight is 234 g/mol. The van der Waals surface area contributed by atoms with Crippen molar-refractivity contribution in [3.8, 4) is 0 Å². The summed E-state index contributed by atoms with van der Waals surface area (Å²) in [4.78, 5) is 11.4. The van der Waals surface area contributed by atoms with Gasteiger partial charge in [0.2, 0.25) is 0 Å². The molecule has 0 amide bonds. The first-order chi connectivity index (χ1) is 7.77. The molecule has 7 nitrogen and oxygen atoms in total. The highest BCUT2D eigenvalue weighted by molar-refractivity contribution is 5.75. The van der Waals surface area contributed by atoms with Crippen molar-refractivity contribution in [2.45, 2.75) is 24.4 Å². The molecule has 0 saturated carbocycles. The summed E-state index contributed by atoms with van der Waals surface area (Å²) < 4.78 is 25.4. The first-order valence-electron chi connectivity index (χ1n) is 4.93. The molecule has 0 bridgehead atoms. The number of hydrogen-bond acceptors (Lipinski definition) is 7. The van der Waals surface area contributed by atoms with Crippen molar-refractivity contribution in [1.82, 2.24) is 0 Å². The first-order valence-corrected chi connectivity index (χ1v) is 4.93. The molecule has 0 aromatic rings. The molecule has 0 aromatic carbocycles. The van der Waals surface area contributed by atoms with Crippen LogP contribution in [0.5, 0.6) is 0 Å². The zero-order valence-corrected chi connectivity index (χ0v) is 8.83. The number of ether oxygens (including phenoxy) is 5. The van der Waals surface area contributed by atoms with Gasteiger partial charge in [-0.2, -0.15) is 0 Å². The lowest BCUT2D eigenvalue weighted by Crippen LogP contribution is -2.60. The number of methoxy groups -OCH3 is 1. The van der Waals surface area contributed by atoms with Crippen LogP contribution in [0.3, 0.4) is 0 Å². The summed E-state index contributed by atoms with van der Waals surface area (Å²) in [6.45, 7) is -0.255. The fraction of sp³-hybridized carbons (Fsp3) is 0.889. The number of carbonyl (C=O) groups excluding carboxylic acids is 1. The van der Waals surface area contributed by atoms with Gasteiger partial charge in [0, 0.05) is 0 Å². The molecule has 2 heterocycles. The van der Waals surface area contributed by atoms with Gasteiger partial charge in [-0.3, -0.25) is 0 Å². The predicted octanol–water partition coefficient (Wildman–Crippen LogP) is -1.37. The molecule has 0 aliphatic carbocycles. The van der Waals surface area contributed by atoms with Gasteiger partial charge >= 0.3 is 5.97 Å². The van der Waals surface area contributed by atoms with Crippen molar-refractivity contribution in [3.63, 3.8) is 0 Å². The van der Waals surface area contributed by atoms with E-state index in [-0.39, 0.29) is 20.2 Å². The molecule has 2 fully saturated rings. The number of aliphatic hydroxyl groups is 1. The van der Waals surface area contributed by atoms with Gasteiger partial charge in [-0.25, -0.2) is 4.79 Å². The molecule has 0 spiro atoms. The van der Waals surface area contributed by atoms with Gasteiger partial charge in [0.15, 0.2) is 6.10 Å². The smallest absolute Gasteiger partial charge is 0.337 e. The molecule has 2 rings (SSSR count). The topological polar surface area (TPSA) is 83.5 Å². The number of carbonyl (C=O) groups is 1. The van der Waals surface area contributed by atoms with Crippen LogP contribution in [0.15, 0.2) is 0 Å². The van der Waals surface area contributed by atoms with Crippen LogP contribution in [0.2, 0.25) is 0 Å². The Hall–Kier alpha value is -0.730. The molecule has 2 aliphatic heterocycles. The Balaban J connectivity index is 2.10. The third-order valence-electron chi connectivity index (χ3n) is 2.65. The summed E-state index contributed by atoms with van der Waals surface area (Å²) in [6, 6.07) is 0. The minimum absolute atomic E-state index is 0.00733. The average Bonchev–Trinajstić information content (AvgIpc) is 2.36. The zero-order valence-electron chi connectivity index (χ0n) is 8.83. The minimum Gasteiger partial charge on any atom is -0.467 e. The van der Waals surface area contributed by atoms with E-state index in [1.165, 1.54) is 7.11 Å². The molecule has 92 valence electrons. The number of esters is 1. The van der Waals surface area contributed by atoms with Gasteiger partial charge in [-0.05, 0) is 0 Å². The van der Waals surface area contributed by atoms with E-state index in [9.17, 15) is 4.79 Å². The Labute approximate surface area is 92.2 Å². The second kappa shape index (κ2) is 5.07. The summed E-state index contributed by atoms with van der Waals surface area (Å²) in [5.74, 6) is -0.517. The maximum Gasteiger partial charge on any atom is 0.337 e. The van der Waals surface area contributed by atoms with Crippen molar-refractivity contribution >= 4 is 5.97 Å². The fourth-order valence-electron chi connectivity index (χ4n) is 1.83. The molecule has 0 radical (unpaired) electrons. The Bertz CT molecular complexity index is 256. The largest absolute Gasteiger partial charge is 0.467 e. The maximum absolute atomic E-state index is 11.4. The quantitative estimate of drug-likeness (QED) is 0.590. The molecule has 0 aromatic heterocycles.